The van der Waals surface area contributed by atoms with Crippen molar-refractivity contribution in [1.82, 2.24) is 0 Å². The molecule has 1 atom stereocenters. The maximum Gasteiger partial charge on any atom is 0.261 e. The van der Waals surface area contributed by atoms with Gasteiger partial charge in [0.05, 0.1) is 6.61 Å². The number of nitrogens with two attached hydrogens (primary N) is 1. The van der Waals surface area contributed by atoms with Gasteiger partial charge in [0.2, 0.25) is 0 Å². The molecule has 0 aromatic carbocycles. The Hall–Kier alpha value is -0.260. The molecule has 0 aliphatic carbocycles. The first kappa shape index (κ1) is 13.7. The first-order chi connectivity index (χ1) is 6.54. The van der Waals surface area contributed by atoms with Crippen LogP contribution in [0.3, 0.4) is 0 Å². The van der Waals surface area contributed by atoms with E-state index in [1.807, 2.05) is 6.92 Å². The van der Waals surface area contributed by atoms with Crippen molar-refractivity contribution in [2.75, 3.05) is 19.8 Å². The summed E-state index contributed by atoms with van der Waals surface area (Å²) in [7, 11) is 0. The van der Waals surface area contributed by atoms with Crippen LogP contribution < -0.4 is 5.73 Å². The van der Waals surface area contributed by atoms with E-state index in [9.17, 15) is 8.78 Å². The van der Waals surface area contributed by atoms with E-state index in [1.54, 1.807) is 0 Å². The van der Waals surface area contributed by atoms with Crippen molar-refractivity contribution in [2.24, 2.45) is 5.73 Å². The monoisotopic (exact) mass is 211 g/mol. The molecule has 5 heteroatoms. The smallest absolute Gasteiger partial charge is 0.261 e. The van der Waals surface area contributed by atoms with Gasteiger partial charge >= 0.3 is 0 Å². The summed E-state index contributed by atoms with van der Waals surface area (Å²) in [5.41, 5.74) is 5.20. The maximum absolute atomic E-state index is 11.6. The van der Waals surface area contributed by atoms with E-state index < -0.39 is 18.6 Å². The Morgan fingerprint density at radius 1 is 1.50 bits per heavy atom. The number of aliphatic hydroxyl groups excluding tert-OH is 1. The second-order valence-electron chi connectivity index (χ2n) is 3.44. The summed E-state index contributed by atoms with van der Waals surface area (Å²) in [5.74, 6) is 0. The third-order valence-electron chi connectivity index (χ3n) is 2.23. The lowest BCUT2D eigenvalue weighted by Crippen LogP contribution is -2.43. The Morgan fingerprint density at radius 2 is 2.14 bits per heavy atom. The van der Waals surface area contributed by atoms with Crippen molar-refractivity contribution in [3.63, 3.8) is 0 Å². The third-order valence-corrected chi connectivity index (χ3v) is 2.23. The van der Waals surface area contributed by atoms with Gasteiger partial charge in [-0.2, -0.15) is 0 Å². The average Bonchev–Trinajstić information content (AvgIpc) is 2.16. The molecule has 0 amide bonds. The van der Waals surface area contributed by atoms with Gasteiger partial charge in [0, 0.05) is 12.1 Å². The van der Waals surface area contributed by atoms with Crippen molar-refractivity contribution in [2.45, 2.75) is 38.2 Å². The van der Waals surface area contributed by atoms with E-state index in [-0.39, 0.29) is 13.2 Å². The van der Waals surface area contributed by atoms with Crippen molar-refractivity contribution in [3.05, 3.63) is 0 Å². The van der Waals surface area contributed by atoms with Crippen LogP contribution in [0.2, 0.25) is 0 Å². The van der Waals surface area contributed by atoms with Crippen molar-refractivity contribution < 1.29 is 18.6 Å². The number of rotatable bonds is 8. The molecule has 0 bridgehead atoms. The molecule has 14 heavy (non-hydrogen) atoms. The molecule has 0 heterocycles. The zero-order valence-corrected chi connectivity index (χ0v) is 8.51. The zero-order valence-electron chi connectivity index (χ0n) is 8.51. The number of aliphatic hydroxyl groups is 1. The summed E-state index contributed by atoms with van der Waals surface area (Å²) in [4.78, 5) is 0. The largest absolute Gasteiger partial charge is 0.394 e. The highest BCUT2D eigenvalue weighted by molar-refractivity contribution is 4.81. The minimum absolute atomic E-state index is 0.0850. The van der Waals surface area contributed by atoms with E-state index in [0.29, 0.717) is 19.3 Å². The van der Waals surface area contributed by atoms with Crippen molar-refractivity contribution in [3.8, 4) is 0 Å². The molecule has 86 valence electrons. The van der Waals surface area contributed by atoms with E-state index in [4.69, 9.17) is 15.6 Å². The lowest BCUT2D eigenvalue weighted by atomic mass is 9.93. The fraction of sp³-hybridized carbons (Fsp3) is 1.00. The van der Waals surface area contributed by atoms with E-state index >= 15 is 0 Å². The Morgan fingerprint density at radius 3 is 2.57 bits per heavy atom. The summed E-state index contributed by atoms with van der Waals surface area (Å²) in [6, 6.07) is 0. The topological polar surface area (TPSA) is 55.5 Å². The van der Waals surface area contributed by atoms with Gasteiger partial charge in [-0.15, -0.1) is 0 Å². The molecule has 0 fully saturated rings. The molecule has 3 N–H and O–H groups in total. The lowest BCUT2D eigenvalue weighted by Gasteiger charge is -2.25. The number of hydrogen-bond donors (Lipinski definition) is 2. The molecule has 0 spiro atoms. The zero-order chi connectivity index (χ0) is 11.0. The van der Waals surface area contributed by atoms with Crippen LogP contribution in [0.5, 0.6) is 0 Å². The molecule has 0 aliphatic rings. The summed E-state index contributed by atoms with van der Waals surface area (Å²) >= 11 is 0. The highest BCUT2D eigenvalue weighted by Crippen LogP contribution is 2.13. The molecular formula is C9H19F2NO2. The minimum atomic E-state index is -2.42. The predicted molar refractivity (Wildman–Crippen MR) is 50.4 cm³/mol. The Kier molecular flexibility index (Phi) is 6.96. The SMILES string of the molecule is CCC(N)(CO)CCCOCC(F)F. The van der Waals surface area contributed by atoms with E-state index in [1.165, 1.54) is 0 Å². The van der Waals surface area contributed by atoms with Gasteiger partial charge in [0.1, 0.15) is 6.61 Å². The molecule has 0 saturated carbocycles. The summed E-state index contributed by atoms with van der Waals surface area (Å²) in [6.07, 6.45) is -0.569. The highest BCUT2D eigenvalue weighted by Gasteiger charge is 2.20. The summed E-state index contributed by atoms with van der Waals surface area (Å²) < 4.78 is 28.0. The van der Waals surface area contributed by atoms with Crippen molar-refractivity contribution in [1.29, 1.82) is 0 Å². The van der Waals surface area contributed by atoms with Gasteiger partial charge in [-0.05, 0) is 19.3 Å². The molecule has 3 nitrogen and oxygen atoms in total. The number of hydrogen-bond acceptors (Lipinski definition) is 3. The molecule has 1 unspecified atom stereocenters. The number of halogens is 2. The first-order valence-corrected chi connectivity index (χ1v) is 4.79. The second kappa shape index (κ2) is 7.09. The van der Waals surface area contributed by atoms with Crippen LogP contribution in [0.15, 0.2) is 0 Å². The second-order valence-corrected chi connectivity index (χ2v) is 3.44. The quantitative estimate of drug-likeness (QED) is 0.592. The van der Waals surface area contributed by atoms with Gasteiger partial charge in [-0.1, -0.05) is 6.92 Å². The molecule has 0 aromatic rings. The first-order valence-electron chi connectivity index (χ1n) is 4.79. The Labute approximate surface area is 83.2 Å². The molecule has 0 aromatic heterocycles. The van der Waals surface area contributed by atoms with Crippen LogP contribution in [0.1, 0.15) is 26.2 Å². The van der Waals surface area contributed by atoms with Gasteiger partial charge < -0.3 is 15.6 Å². The predicted octanol–water partition coefficient (Wildman–Crippen LogP) is 1.15. The highest BCUT2D eigenvalue weighted by atomic mass is 19.3. The fourth-order valence-electron chi connectivity index (χ4n) is 1.07. The van der Waals surface area contributed by atoms with Crippen molar-refractivity contribution >= 4 is 0 Å². The van der Waals surface area contributed by atoms with Crippen LogP contribution in [-0.4, -0.2) is 36.9 Å². The average molecular weight is 211 g/mol. The molecule has 0 radical (unpaired) electrons. The molecule has 0 saturated heterocycles. The summed E-state index contributed by atoms with van der Waals surface area (Å²) in [5, 5.41) is 8.94. The normalized spacial score (nSPS) is 15.9. The van der Waals surface area contributed by atoms with Crippen LogP contribution in [0.4, 0.5) is 8.78 Å². The summed E-state index contributed by atoms with van der Waals surface area (Å²) in [6.45, 7) is 1.54. The third kappa shape index (κ3) is 6.23. The van der Waals surface area contributed by atoms with E-state index in [0.717, 1.165) is 0 Å². The van der Waals surface area contributed by atoms with Crippen LogP contribution >= 0.6 is 0 Å². The van der Waals surface area contributed by atoms with Gasteiger partial charge in [0.25, 0.3) is 6.43 Å². The Bertz CT molecular complexity index is 141. The molecule has 0 aliphatic heterocycles. The Balaban J connectivity index is 3.43. The molecular weight excluding hydrogens is 192 g/mol. The maximum atomic E-state index is 11.6. The van der Waals surface area contributed by atoms with Gasteiger partial charge in [-0.3, -0.25) is 0 Å². The standard InChI is InChI=1S/C9H19F2NO2/c1-2-9(12,7-13)4-3-5-14-6-8(10)11/h8,13H,2-7,12H2,1H3. The van der Waals surface area contributed by atoms with Crippen LogP contribution in [0.25, 0.3) is 0 Å². The number of alkyl halides is 2. The fourth-order valence-corrected chi connectivity index (χ4v) is 1.07. The van der Waals surface area contributed by atoms with Crippen LogP contribution in [0, 0.1) is 0 Å². The molecule has 0 rings (SSSR count). The van der Waals surface area contributed by atoms with Gasteiger partial charge in [-0.25, -0.2) is 8.78 Å². The van der Waals surface area contributed by atoms with E-state index in [2.05, 4.69) is 0 Å². The lowest BCUT2D eigenvalue weighted by molar-refractivity contribution is 0.0140. The van der Waals surface area contributed by atoms with Crippen LogP contribution in [-0.2, 0) is 4.74 Å². The minimum Gasteiger partial charge on any atom is -0.394 e. The number of ether oxygens (including phenoxy) is 1. The van der Waals surface area contributed by atoms with Gasteiger partial charge in [0.15, 0.2) is 0 Å².